The van der Waals surface area contributed by atoms with Gasteiger partial charge in [0, 0.05) is 61.6 Å². The van der Waals surface area contributed by atoms with Gasteiger partial charge in [0.05, 0.1) is 25.0 Å². The molecular formula is C37H42ClN5O3. The molecule has 3 aliphatic rings. The van der Waals surface area contributed by atoms with Crippen LogP contribution in [0, 0.1) is 5.41 Å². The summed E-state index contributed by atoms with van der Waals surface area (Å²) in [5.74, 6) is 0.217. The lowest BCUT2D eigenvalue weighted by Gasteiger charge is -2.39. The number of hydrogen-bond donors (Lipinski definition) is 1. The summed E-state index contributed by atoms with van der Waals surface area (Å²) in [5, 5.41) is 1.78. The van der Waals surface area contributed by atoms with Crippen molar-refractivity contribution in [3.63, 3.8) is 0 Å². The van der Waals surface area contributed by atoms with Gasteiger partial charge >= 0.3 is 5.97 Å². The van der Waals surface area contributed by atoms with Crippen LogP contribution in [0.25, 0.3) is 16.6 Å². The van der Waals surface area contributed by atoms with E-state index >= 15 is 0 Å². The van der Waals surface area contributed by atoms with Crippen molar-refractivity contribution in [1.82, 2.24) is 14.9 Å². The second-order valence-electron chi connectivity index (χ2n) is 13.5. The van der Waals surface area contributed by atoms with Crippen LogP contribution >= 0.6 is 11.6 Å². The second kappa shape index (κ2) is 12.6. The quantitative estimate of drug-likeness (QED) is 0.217. The van der Waals surface area contributed by atoms with E-state index in [4.69, 9.17) is 26.1 Å². The third kappa shape index (κ3) is 6.20. The van der Waals surface area contributed by atoms with Crippen LogP contribution in [0.3, 0.4) is 0 Å². The van der Waals surface area contributed by atoms with Gasteiger partial charge in [-0.1, -0.05) is 43.2 Å². The van der Waals surface area contributed by atoms with Crippen molar-refractivity contribution in [1.29, 1.82) is 0 Å². The van der Waals surface area contributed by atoms with Crippen molar-refractivity contribution < 1.29 is 14.3 Å². The molecule has 7 rings (SSSR count). The predicted octanol–water partition coefficient (Wildman–Crippen LogP) is 7.71. The van der Waals surface area contributed by atoms with Gasteiger partial charge in [0.1, 0.15) is 11.3 Å². The molecule has 0 amide bonds. The van der Waals surface area contributed by atoms with Crippen LogP contribution in [0.5, 0.6) is 5.88 Å². The molecule has 0 saturated carbocycles. The molecule has 2 aromatic heterocycles. The maximum absolute atomic E-state index is 13.0. The van der Waals surface area contributed by atoms with Crippen molar-refractivity contribution in [3.8, 4) is 5.88 Å². The normalized spacial score (nSPS) is 18.7. The summed E-state index contributed by atoms with van der Waals surface area (Å²) in [5.41, 5.74) is 8.76. The monoisotopic (exact) mass is 639 g/mol. The zero-order valence-electron chi connectivity index (χ0n) is 26.9. The average Bonchev–Trinajstić information content (AvgIpc) is 3.43. The molecule has 2 aliphatic heterocycles. The van der Waals surface area contributed by atoms with Gasteiger partial charge in [-0.25, -0.2) is 4.79 Å². The molecule has 0 spiro atoms. The number of fused-ring (bicyclic) bond motifs is 2. The van der Waals surface area contributed by atoms with Crippen LogP contribution in [0.2, 0.25) is 5.02 Å². The second-order valence-corrected chi connectivity index (χ2v) is 13.9. The van der Waals surface area contributed by atoms with Gasteiger partial charge in [0.25, 0.3) is 0 Å². The number of anilines is 3. The summed E-state index contributed by atoms with van der Waals surface area (Å²) in [6, 6.07) is 18.6. The highest BCUT2D eigenvalue weighted by atomic mass is 35.5. The lowest BCUT2D eigenvalue weighted by molar-refractivity contribution is 0.0601. The first-order valence-corrected chi connectivity index (χ1v) is 16.7. The molecule has 1 N–H and O–H groups in total. The maximum Gasteiger partial charge on any atom is 0.339 e. The zero-order valence-corrected chi connectivity index (χ0v) is 27.7. The minimum Gasteiger partial charge on any atom is -0.476 e. The molecule has 0 bridgehead atoms. The van der Waals surface area contributed by atoms with E-state index in [1.807, 2.05) is 30.5 Å². The number of aromatic amines is 1. The third-order valence-electron chi connectivity index (χ3n) is 9.74. The first-order chi connectivity index (χ1) is 22.3. The molecule has 9 heteroatoms. The zero-order chi connectivity index (χ0) is 31.8. The molecule has 0 unspecified atom stereocenters. The van der Waals surface area contributed by atoms with Gasteiger partial charge in [0.15, 0.2) is 0 Å². The SMILES string of the molecule is COC(=O)c1ccc(N2CCN(CC3=C(c4ccc(Cl)cc4)CC(C)(C)CC3)CC2)cc1N1CCCOc2nc3[nH]ccc3cc21. The topological polar surface area (TPSA) is 73.9 Å². The number of aromatic nitrogens is 2. The molecule has 2 aromatic carbocycles. The molecule has 46 heavy (non-hydrogen) atoms. The summed E-state index contributed by atoms with van der Waals surface area (Å²) >= 11 is 6.23. The Morgan fingerprint density at radius 1 is 1.02 bits per heavy atom. The van der Waals surface area contributed by atoms with Gasteiger partial charge in [-0.05, 0) is 84.7 Å². The Hall–Kier alpha value is -4.01. The standard InChI is InChI=1S/C37H42ClN5O3/c1-37(2)13-11-27(31(23-37)25-5-7-28(38)8-6-25)24-41-16-18-42(19-17-41)29-9-10-30(36(44)45-3)32(22-29)43-15-4-20-46-35-33(43)21-26-12-14-39-34(26)40-35/h5-10,12,14,21-22H,4,11,13,15-20,23-24H2,1-3H3,(H,39,40). The van der Waals surface area contributed by atoms with E-state index in [2.05, 4.69) is 63.9 Å². The minimum absolute atomic E-state index is 0.301. The molecule has 0 atom stereocenters. The molecule has 4 aromatic rings. The van der Waals surface area contributed by atoms with E-state index in [9.17, 15) is 4.79 Å². The summed E-state index contributed by atoms with van der Waals surface area (Å²) in [6.07, 6.45) is 6.12. The minimum atomic E-state index is -0.353. The first kappa shape index (κ1) is 30.6. The Morgan fingerprint density at radius 2 is 1.83 bits per heavy atom. The average molecular weight is 640 g/mol. The number of H-pyrrole nitrogens is 1. The van der Waals surface area contributed by atoms with Crippen LogP contribution in [0.4, 0.5) is 17.1 Å². The van der Waals surface area contributed by atoms with Crippen LogP contribution in [0.1, 0.15) is 55.5 Å². The number of carbonyl (C=O) groups excluding carboxylic acids is 1. The van der Waals surface area contributed by atoms with Gasteiger partial charge in [-0.3, -0.25) is 4.90 Å². The Labute approximate surface area is 275 Å². The fourth-order valence-electron chi connectivity index (χ4n) is 7.14. The van der Waals surface area contributed by atoms with E-state index in [1.54, 1.807) is 5.57 Å². The van der Waals surface area contributed by atoms with Gasteiger partial charge in [-0.2, -0.15) is 4.98 Å². The highest BCUT2D eigenvalue weighted by Crippen LogP contribution is 2.44. The predicted molar refractivity (Wildman–Crippen MR) is 186 cm³/mol. The van der Waals surface area contributed by atoms with Crippen LogP contribution in [-0.2, 0) is 4.74 Å². The van der Waals surface area contributed by atoms with Crippen LogP contribution < -0.4 is 14.5 Å². The molecular weight excluding hydrogens is 598 g/mol. The van der Waals surface area contributed by atoms with Gasteiger partial charge in [-0.15, -0.1) is 0 Å². The highest BCUT2D eigenvalue weighted by Gasteiger charge is 2.30. The lowest BCUT2D eigenvalue weighted by Crippen LogP contribution is -2.47. The highest BCUT2D eigenvalue weighted by molar-refractivity contribution is 6.30. The number of ether oxygens (including phenoxy) is 2. The van der Waals surface area contributed by atoms with Crippen molar-refractivity contribution in [2.45, 2.75) is 39.5 Å². The molecule has 1 saturated heterocycles. The van der Waals surface area contributed by atoms with Crippen molar-refractivity contribution >= 4 is 51.2 Å². The smallest absolute Gasteiger partial charge is 0.339 e. The molecule has 1 aliphatic carbocycles. The van der Waals surface area contributed by atoms with Crippen molar-refractivity contribution in [2.75, 3.05) is 62.8 Å². The van der Waals surface area contributed by atoms with Crippen LogP contribution in [0.15, 0.2) is 66.4 Å². The van der Waals surface area contributed by atoms with E-state index in [0.29, 0.717) is 30.0 Å². The Balaban J connectivity index is 1.13. The first-order valence-electron chi connectivity index (χ1n) is 16.3. The van der Waals surface area contributed by atoms with Gasteiger partial charge < -0.3 is 24.3 Å². The molecule has 240 valence electrons. The number of rotatable bonds is 6. The summed E-state index contributed by atoms with van der Waals surface area (Å²) < 4.78 is 11.3. The van der Waals surface area contributed by atoms with E-state index in [1.165, 1.54) is 24.7 Å². The van der Waals surface area contributed by atoms with Crippen LogP contribution in [-0.4, -0.2) is 73.8 Å². The summed E-state index contributed by atoms with van der Waals surface area (Å²) in [7, 11) is 1.44. The lowest BCUT2D eigenvalue weighted by atomic mass is 9.72. The fourth-order valence-corrected chi connectivity index (χ4v) is 7.26. The number of carbonyl (C=O) groups is 1. The third-order valence-corrected chi connectivity index (χ3v) is 10.00. The number of piperazine rings is 1. The number of methoxy groups -OCH3 is 1. The Bertz CT molecular complexity index is 1770. The number of esters is 1. The number of nitrogens with one attached hydrogen (secondary N) is 1. The summed E-state index contributed by atoms with van der Waals surface area (Å²) in [6.45, 7) is 10.8. The number of nitrogens with zero attached hydrogens (tertiary/aromatic N) is 4. The van der Waals surface area contributed by atoms with E-state index in [0.717, 1.165) is 85.1 Å². The Morgan fingerprint density at radius 3 is 2.61 bits per heavy atom. The number of allylic oxidation sites excluding steroid dienone is 1. The molecule has 0 radical (unpaired) electrons. The van der Waals surface area contributed by atoms with E-state index < -0.39 is 0 Å². The molecule has 8 nitrogen and oxygen atoms in total. The fraction of sp³-hybridized carbons (Fsp3) is 0.405. The Kier molecular flexibility index (Phi) is 8.42. The maximum atomic E-state index is 13.0. The number of halogens is 1. The molecule has 1 fully saturated rings. The van der Waals surface area contributed by atoms with Crippen molar-refractivity contribution in [3.05, 3.63) is 82.5 Å². The number of benzene rings is 2. The van der Waals surface area contributed by atoms with Crippen molar-refractivity contribution in [2.24, 2.45) is 5.41 Å². The van der Waals surface area contributed by atoms with Gasteiger partial charge in [0.2, 0.25) is 5.88 Å². The number of hydrogen-bond acceptors (Lipinski definition) is 7. The van der Waals surface area contributed by atoms with E-state index in [-0.39, 0.29) is 5.97 Å². The summed E-state index contributed by atoms with van der Waals surface area (Å²) in [4.78, 5) is 28.1. The largest absolute Gasteiger partial charge is 0.476 e. The molecule has 4 heterocycles. The number of pyridine rings is 1.